The van der Waals surface area contributed by atoms with Crippen LogP contribution in [0, 0.1) is 11.8 Å². The Morgan fingerprint density at radius 1 is 0.712 bits per heavy atom. The first-order chi connectivity index (χ1) is 25.6. The van der Waals surface area contributed by atoms with Crippen molar-refractivity contribution in [3.63, 3.8) is 0 Å². The lowest BCUT2D eigenvalue weighted by atomic mass is 9.84. The molecule has 0 saturated carbocycles. The van der Waals surface area contributed by atoms with Gasteiger partial charge in [-0.2, -0.15) is 0 Å². The molecule has 0 fully saturated rings. The molecule has 52 heavy (non-hydrogen) atoms. The molecule has 2 aliphatic carbocycles. The molecule has 4 heteroatoms. The number of nitrogens with zero attached hydrogens (tertiary/aromatic N) is 3. The first-order valence-corrected chi connectivity index (χ1v) is 19.1. The Hall–Kier alpha value is -5.84. The highest BCUT2D eigenvalue weighted by Gasteiger charge is 2.24. The topological polar surface area (TPSA) is 30.7 Å². The van der Waals surface area contributed by atoms with Crippen LogP contribution in [-0.2, 0) is 6.42 Å². The standard InChI is InChI=1S/C48H37N3S/c1-30-15-23-38-42-28-35(37-12-8-13-40-39-11-6-7-14-46(39)52-47(37)40)22-24-44(42)51(45(38)27-30)48-49-26-25-43(50-48)36-17-16-31(2)41(29-36)34-20-18-33(19-21-34)32-9-4-3-5-10-32/h3-15,17-26,28-31H,16,27H2,1-2H3. The van der Waals surface area contributed by atoms with E-state index in [1.165, 1.54) is 70.2 Å². The average molecular weight is 688 g/mol. The van der Waals surface area contributed by atoms with Gasteiger partial charge in [0.2, 0.25) is 5.95 Å². The van der Waals surface area contributed by atoms with Crippen molar-refractivity contribution in [3.05, 3.63) is 168 Å². The summed E-state index contributed by atoms with van der Waals surface area (Å²) in [5, 5.41) is 3.90. The Morgan fingerprint density at radius 3 is 2.37 bits per heavy atom. The van der Waals surface area contributed by atoms with E-state index in [0.717, 1.165) is 35.6 Å². The number of thiophene rings is 1. The lowest BCUT2D eigenvalue weighted by Crippen LogP contribution is -2.11. The summed E-state index contributed by atoms with van der Waals surface area (Å²) >= 11 is 1.88. The number of allylic oxidation sites excluding steroid dienone is 5. The van der Waals surface area contributed by atoms with Crippen LogP contribution in [0.2, 0.25) is 0 Å². The van der Waals surface area contributed by atoms with Crippen molar-refractivity contribution in [1.29, 1.82) is 0 Å². The van der Waals surface area contributed by atoms with E-state index in [9.17, 15) is 0 Å². The third-order valence-electron chi connectivity index (χ3n) is 10.9. The summed E-state index contributed by atoms with van der Waals surface area (Å²) in [6.45, 7) is 4.61. The van der Waals surface area contributed by atoms with Crippen molar-refractivity contribution in [3.8, 4) is 28.2 Å². The van der Waals surface area contributed by atoms with Crippen LogP contribution in [0.25, 0.3) is 76.5 Å². The summed E-state index contributed by atoms with van der Waals surface area (Å²) in [5.74, 6) is 1.59. The normalized spacial score (nSPS) is 17.0. The second-order valence-electron chi connectivity index (χ2n) is 14.3. The molecule has 0 saturated heterocycles. The van der Waals surface area contributed by atoms with Crippen molar-refractivity contribution >= 4 is 59.6 Å². The van der Waals surface area contributed by atoms with Gasteiger partial charge >= 0.3 is 0 Å². The second kappa shape index (κ2) is 12.4. The van der Waals surface area contributed by atoms with Gasteiger partial charge < -0.3 is 0 Å². The molecule has 3 aromatic heterocycles. The number of fused-ring (bicyclic) bond motifs is 6. The minimum Gasteiger partial charge on any atom is -0.282 e. The van der Waals surface area contributed by atoms with Crippen molar-refractivity contribution in [2.75, 3.05) is 0 Å². The lowest BCUT2D eigenvalue weighted by molar-refractivity contribution is 0.684. The first kappa shape index (κ1) is 30.9. The Bertz CT molecular complexity index is 2760. The fourth-order valence-corrected chi connectivity index (χ4v) is 9.45. The fraction of sp³-hybridized carbons (Fsp3) is 0.125. The third kappa shape index (κ3) is 5.17. The van der Waals surface area contributed by atoms with Crippen LogP contribution in [0.15, 0.2) is 146 Å². The number of rotatable bonds is 5. The van der Waals surface area contributed by atoms with E-state index in [2.05, 4.69) is 164 Å². The molecule has 3 nitrogen and oxygen atoms in total. The second-order valence-corrected chi connectivity index (χ2v) is 15.4. The van der Waals surface area contributed by atoms with Gasteiger partial charge in [0.05, 0.1) is 11.2 Å². The Kier molecular flexibility index (Phi) is 7.40. The first-order valence-electron chi connectivity index (χ1n) is 18.3. The zero-order valence-electron chi connectivity index (χ0n) is 29.3. The summed E-state index contributed by atoms with van der Waals surface area (Å²) in [6, 6.07) is 44.1. The molecule has 250 valence electrons. The molecule has 10 rings (SSSR count). The highest BCUT2D eigenvalue weighted by molar-refractivity contribution is 7.26. The van der Waals surface area contributed by atoms with E-state index in [1.807, 2.05) is 17.5 Å². The number of benzene rings is 5. The smallest absolute Gasteiger partial charge is 0.234 e. The van der Waals surface area contributed by atoms with Crippen LogP contribution >= 0.6 is 11.3 Å². The van der Waals surface area contributed by atoms with Crippen LogP contribution in [-0.4, -0.2) is 14.5 Å². The Balaban J connectivity index is 1.05. The van der Waals surface area contributed by atoms with E-state index < -0.39 is 0 Å². The van der Waals surface area contributed by atoms with Crippen molar-refractivity contribution in [1.82, 2.24) is 14.5 Å². The van der Waals surface area contributed by atoms with E-state index in [0.29, 0.717) is 11.8 Å². The highest BCUT2D eigenvalue weighted by Crippen LogP contribution is 2.43. The minimum atomic E-state index is 0.425. The maximum Gasteiger partial charge on any atom is 0.234 e. The predicted octanol–water partition coefficient (Wildman–Crippen LogP) is 12.8. The highest BCUT2D eigenvalue weighted by atomic mass is 32.1. The van der Waals surface area contributed by atoms with E-state index in [-0.39, 0.29) is 0 Å². The Morgan fingerprint density at radius 2 is 1.48 bits per heavy atom. The molecule has 0 radical (unpaired) electrons. The third-order valence-corrected chi connectivity index (χ3v) is 12.1. The molecule has 0 N–H and O–H groups in total. The molecule has 2 unspecified atom stereocenters. The van der Waals surface area contributed by atoms with Gasteiger partial charge in [-0.25, -0.2) is 9.97 Å². The Labute approximate surface area is 308 Å². The summed E-state index contributed by atoms with van der Waals surface area (Å²) in [6.07, 6.45) is 13.2. The van der Waals surface area contributed by atoms with Gasteiger partial charge in [-0.05, 0) is 94.0 Å². The number of hydrogen-bond donors (Lipinski definition) is 0. The molecule has 2 aliphatic rings. The summed E-state index contributed by atoms with van der Waals surface area (Å²) in [7, 11) is 0. The van der Waals surface area contributed by atoms with Crippen LogP contribution in [0.5, 0.6) is 0 Å². The monoisotopic (exact) mass is 687 g/mol. The summed E-state index contributed by atoms with van der Waals surface area (Å²) < 4.78 is 4.98. The molecule has 0 spiro atoms. The quantitative estimate of drug-likeness (QED) is 0.180. The molecule has 5 aromatic carbocycles. The molecule has 0 amide bonds. The van der Waals surface area contributed by atoms with Crippen LogP contribution in [0.3, 0.4) is 0 Å². The van der Waals surface area contributed by atoms with E-state index in [1.54, 1.807) is 0 Å². The van der Waals surface area contributed by atoms with Gasteiger partial charge in [0.1, 0.15) is 0 Å². The molecule has 0 aliphatic heterocycles. The fourth-order valence-electron chi connectivity index (χ4n) is 8.21. The summed E-state index contributed by atoms with van der Waals surface area (Å²) in [5.41, 5.74) is 13.4. The van der Waals surface area contributed by atoms with E-state index in [4.69, 9.17) is 9.97 Å². The molecule has 8 aromatic rings. The van der Waals surface area contributed by atoms with Gasteiger partial charge in [0.25, 0.3) is 0 Å². The number of aromatic nitrogens is 3. The van der Waals surface area contributed by atoms with Crippen molar-refractivity contribution in [2.45, 2.75) is 26.7 Å². The molecule has 2 atom stereocenters. The van der Waals surface area contributed by atoms with Gasteiger partial charge in [-0.1, -0.05) is 129 Å². The van der Waals surface area contributed by atoms with E-state index >= 15 is 0 Å². The maximum atomic E-state index is 5.29. The van der Waals surface area contributed by atoms with Crippen molar-refractivity contribution in [2.24, 2.45) is 11.8 Å². The average Bonchev–Trinajstić information content (AvgIpc) is 3.73. The molecular weight excluding hydrogens is 651 g/mol. The largest absolute Gasteiger partial charge is 0.282 e. The van der Waals surface area contributed by atoms with Gasteiger partial charge in [-0.3, -0.25) is 4.57 Å². The van der Waals surface area contributed by atoms with Gasteiger partial charge in [0, 0.05) is 43.0 Å². The zero-order valence-corrected chi connectivity index (χ0v) is 30.1. The molecule has 0 bridgehead atoms. The van der Waals surface area contributed by atoms with Crippen LogP contribution < -0.4 is 0 Å². The number of hydrogen-bond acceptors (Lipinski definition) is 3. The predicted molar refractivity (Wildman–Crippen MR) is 221 cm³/mol. The lowest BCUT2D eigenvalue weighted by Gasteiger charge is -2.21. The van der Waals surface area contributed by atoms with Gasteiger partial charge in [0.15, 0.2) is 0 Å². The summed E-state index contributed by atoms with van der Waals surface area (Å²) in [4.78, 5) is 10.2. The van der Waals surface area contributed by atoms with Gasteiger partial charge in [-0.15, -0.1) is 11.3 Å². The van der Waals surface area contributed by atoms with Crippen LogP contribution in [0.1, 0.15) is 42.8 Å². The SMILES string of the molecule is CC1C=Cc2c(n(-c3nccc(C4=CCC(C)C(c5ccc(-c6ccccc6)cc5)=C4)n3)c3ccc(-c4cccc5c4sc4ccccc45)cc23)C1. The minimum absolute atomic E-state index is 0.425. The van der Waals surface area contributed by atoms with Crippen molar-refractivity contribution < 1.29 is 0 Å². The zero-order chi connectivity index (χ0) is 34.8. The maximum absolute atomic E-state index is 5.29. The molecular formula is C48H37N3S. The van der Waals surface area contributed by atoms with Crippen LogP contribution in [0.4, 0.5) is 0 Å². The molecule has 3 heterocycles.